The van der Waals surface area contributed by atoms with Gasteiger partial charge in [0.15, 0.2) is 0 Å². The van der Waals surface area contributed by atoms with Crippen LogP contribution in [0.2, 0.25) is 9.36 Å². The quantitative estimate of drug-likeness (QED) is 0.356. The number of hydrogen-bond donors (Lipinski definition) is 2. The molecule has 3 aliphatic heterocycles. The third-order valence-electron chi connectivity index (χ3n) is 8.45. The number of likely N-dealkylation sites (tertiary alicyclic amines) is 1. The summed E-state index contributed by atoms with van der Waals surface area (Å²) < 4.78 is 40.4. The second-order valence-electron chi connectivity index (χ2n) is 12.0. The second-order valence-corrected chi connectivity index (χ2v) is 16.2. The molecule has 0 spiro atoms. The molecule has 0 bridgehead atoms. The highest BCUT2D eigenvalue weighted by Gasteiger charge is 2.61. The lowest BCUT2D eigenvalue weighted by Crippen LogP contribution is -2.55. The van der Waals surface area contributed by atoms with Gasteiger partial charge >= 0.3 is 6.09 Å². The molecule has 6 rings (SSSR count). The molecule has 3 aliphatic rings. The van der Waals surface area contributed by atoms with Gasteiger partial charge in [-0.15, -0.1) is 11.3 Å². The number of piperidine rings is 1. The van der Waals surface area contributed by atoms with Crippen LogP contribution >= 0.6 is 34.5 Å². The number of rotatable bonds is 6. The van der Waals surface area contributed by atoms with E-state index in [1.54, 1.807) is 11.0 Å². The number of carbonyl (C=O) groups is 4. The average molecular weight is 801 g/mol. The van der Waals surface area contributed by atoms with Crippen molar-refractivity contribution < 1.29 is 47.3 Å². The zero-order valence-electron chi connectivity index (χ0n) is 28.8. The molecule has 2 fully saturated rings. The summed E-state index contributed by atoms with van der Waals surface area (Å²) in [6.45, 7) is 6.31. The summed E-state index contributed by atoms with van der Waals surface area (Å²) in [5.41, 5.74) is -2.13. The fourth-order valence-corrected chi connectivity index (χ4v) is 9.35. The summed E-state index contributed by atoms with van der Waals surface area (Å²) in [5, 5.41) is 15.0. The molecule has 1 atom stereocenters. The zero-order valence-corrected chi connectivity index (χ0v) is 32.0. The van der Waals surface area contributed by atoms with Gasteiger partial charge in [0, 0.05) is 62.9 Å². The van der Waals surface area contributed by atoms with Gasteiger partial charge in [-0.25, -0.2) is 9.78 Å². The number of carboxylic acid groups (broad SMARTS) is 2. The highest BCUT2D eigenvalue weighted by atomic mass is 35.5. The molecule has 2 N–H and O–H groups in total. The maximum atomic E-state index is 14.7. The van der Waals surface area contributed by atoms with Gasteiger partial charge < -0.3 is 29.5 Å². The number of anilines is 1. The number of hydrogen-bond acceptors (Lipinski definition) is 12. The van der Waals surface area contributed by atoms with E-state index in [2.05, 4.69) is 21.8 Å². The van der Waals surface area contributed by atoms with Gasteiger partial charge in [0.05, 0.1) is 22.7 Å². The van der Waals surface area contributed by atoms with E-state index in [1.165, 1.54) is 49.7 Å². The summed E-state index contributed by atoms with van der Waals surface area (Å²) in [6, 6.07) is 10.6. The third-order valence-corrected chi connectivity index (χ3v) is 12.1. The summed E-state index contributed by atoms with van der Waals surface area (Å²) in [5.74, 6) is -2.70. The van der Waals surface area contributed by atoms with Crippen molar-refractivity contribution in [1.82, 2.24) is 19.7 Å². The first-order valence-corrected chi connectivity index (χ1v) is 19.0. The highest BCUT2D eigenvalue weighted by molar-refractivity contribution is 7.95. The van der Waals surface area contributed by atoms with Crippen LogP contribution < -0.4 is 9.04 Å². The first-order valence-electron chi connectivity index (χ1n) is 16.0. The third kappa shape index (κ3) is 8.95. The summed E-state index contributed by atoms with van der Waals surface area (Å²) in [7, 11) is -0.993. The number of ether oxygens (including phenoxy) is 2. The van der Waals surface area contributed by atoms with E-state index in [0.29, 0.717) is 36.5 Å². The predicted molar refractivity (Wildman–Crippen MR) is 194 cm³/mol. The molecule has 19 heteroatoms. The molecule has 2 saturated heterocycles. The fourth-order valence-electron chi connectivity index (χ4n) is 6.16. The molecule has 52 heavy (non-hydrogen) atoms. The van der Waals surface area contributed by atoms with Crippen molar-refractivity contribution in [2.45, 2.75) is 42.5 Å². The minimum atomic E-state index is -4.48. The Balaban J connectivity index is 0.000000687. The molecule has 0 saturated carbocycles. The lowest BCUT2D eigenvalue weighted by atomic mass is 9.87. The number of carbonyl (C=O) groups excluding carboxylic acids is 2. The normalized spacial score (nSPS) is 19.5. The Morgan fingerprint density at radius 1 is 0.942 bits per heavy atom. The summed E-state index contributed by atoms with van der Waals surface area (Å²) >= 11 is 13.3. The Bertz CT molecular complexity index is 1880. The van der Waals surface area contributed by atoms with Crippen molar-refractivity contribution in [2.24, 2.45) is 0 Å². The Kier molecular flexibility index (Phi) is 13.5. The number of piperazine rings is 1. The van der Waals surface area contributed by atoms with Crippen molar-refractivity contribution >= 4 is 74.2 Å². The van der Waals surface area contributed by atoms with E-state index >= 15 is 0 Å². The zero-order chi connectivity index (χ0) is 38.4. The van der Waals surface area contributed by atoms with E-state index in [9.17, 15) is 18.0 Å². The maximum absolute atomic E-state index is 14.7. The maximum Gasteiger partial charge on any atom is 0.411 e. The minimum absolute atomic E-state index is 0.00489. The summed E-state index contributed by atoms with van der Waals surface area (Å²) in [4.78, 5) is 57.2. The molecule has 2 aromatic heterocycles. The van der Waals surface area contributed by atoms with Crippen molar-refractivity contribution in [3.8, 4) is 5.88 Å². The molecule has 3 aromatic rings. The van der Waals surface area contributed by atoms with E-state index in [-0.39, 0.29) is 36.3 Å². The van der Waals surface area contributed by atoms with Crippen LogP contribution in [-0.2, 0) is 34.7 Å². The van der Waals surface area contributed by atoms with Crippen molar-refractivity contribution in [3.05, 3.63) is 69.1 Å². The predicted octanol–water partition coefficient (Wildman–Crippen LogP) is 4.47. The van der Waals surface area contributed by atoms with Crippen LogP contribution in [0, 0.1) is 0 Å². The monoisotopic (exact) mass is 799 g/mol. The first-order chi connectivity index (χ1) is 24.5. The van der Waals surface area contributed by atoms with E-state index in [1.807, 2.05) is 0 Å². The molecular weight excluding hydrogens is 761 g/mol. The minimum Gasteiger partial charge on any atom is -0.481 e. The van der Waals surface area contributed by atoms with E-state index in [0.717, 1.165) is 51.1 Å². The Morgan fingerprint density at radius 2 is 1.56 bits per heavy atom. The second kappa shape index (κ2) is 17.2. The number of carboxylic acids is 2. The van der Waals surface area contributed by atoms with Crippen molar-refractivity contribution in [3.63, 3.8) is 0 Å². The number of sulfonamides is 1. The lowest BCUT2D eigenvalue weighted by molar-refractivity contribution is -0.135. The number of aromatic nitrogens is 1. The molecule has 282 valence electrons. The standard InChI is InChI=1S/C29H31Cl2N5O6S2.2C2H4O2/c1-33-12-9-20(10-13-33)34-14-16-35(17-15-34)28(38)42-29(21-4-3-11-32-26(21)41-2)22-18-19(30)5-6-23(22)36(27(29)37)44(39,40)25-8-7-24(31)43-25;2*1-2(3)4/h3-8,11,18,20H,9-10,12-17H2,1-2H3;2*1H3,(H,3,4). The Hall–Kier alpha value is -4.00. The highest BCUT2D eigenvalue weighted by Crippen LogP contribution is 2.52. The van der Waals surface area contributed by atoms with E-state index in [4.69, 9.17) is 52.5 Å². The number of amides is 2. The molecule has 0 aliphatic carbocycles. The molecule has 1 aromatic carbocycles. The molecule has 5 heterocycles. The van der Waals surface area contributed by atoms with E-state index < -0.39 is 39.6 Å². The largest absolute Gasteiger partial charge is 0.481 e. The topological polar surface area (TPSA) is 187 Å². The van der Waals surface area contributed by atoms with Crippen LogP contribution in [0.4, 0.5) is 10.5 Å². The van der Waals surface area contributed by atoms with Gasteiger partial charge in [0.25, 0.3) is 33.5 Å². The Morgan fingerprint density at radius 3 is 2.12 bits per heavy atom. The number of pyridine rings is 1. The van der Waals surface area contributed by atoms with Gasteiger partial charge in [0.1, 0.15) is 4.21 Å². The molecule has 2 amide bonds. The SMILES string of the molecule is CC(=O)O.CC(=O)O.COc1ncccc1C1(OC(=O)N2CCN(C3CCN(C)CC3)CC2)C(=O)N(S(=O)(=O)c2ccc(Cl)s2)c2ccc(Cl)cc21. The van der Waals surface area contributed by atoms with Gasteiger partial charge in [-0.3, -0.25) is 19.3 Å². The van der Waals surface area contributed by atoms with Crippen LogP contribution in [0.3, 0.4) is 0 Å². The fraction of sp³-hybridized carbons (Fsp3) is 0.424. The van der Waals surface area contributed by atoms with Gasteiger partial charge in [-0.1, -0.05) is 23.2 Å². The smallest absolute Gasteiger partial charge is 0.411 e. The average Bonchev–Trinajstić information content (AvgIpc) is 3.64. The van der Waals surface area contributed by atoms with Crippen LogP contribution in [0.25, 0.3) is 0 Å². The number of halogens is 2. The molecule has 15 nitrogen and oxygen atoms in total. The summed E-state index contributed by atoms with van der Waals surface area (Å²) in [6.07, 6.45) is 2.82. The number of methoxy groups -OCH3 is 1. The van der Waals surface area contributed by atoms with Crippen LogP contribution in [-0.4, -0.2) is 122 Å². The van der Waals surface area contributed by atoms with Gasteiger partial charge in [-0.2, -0.15) is 12.7 Å². The van der Waals surface area contributed by atoms with Crippen LogP contribution in [0.1, 0.15) is 37.8 Å². The first kappa shape index (κ1) is 40.8. The number of nitrogens with zero attached hydrogens (tertiary/aromatic N) is 5. The van der Waals surface area contributed by atoms with Gasteiger partial charge in [-0.05, 0) is 75.4 Å². The Labute approximate surface area is 315 Å². The number of thiophene rings is 1. The number of fused-ring (bicyclic) bond motifs is 1. The lowest BCUT2D eigenvalue weighted by Gasteiger charge is -2.42. The van der Waals surface area contributed by atoms with Crippen molar-refractivity contribution in [2.75, 3.05) is 57.7 Å². The molecule has 0 radical (unpaired) electrons. The van der Waals surface area contributed by atoms with Crippen LogP contribution in [0.5, 0.6) is 5.88 Å². The molecular formula is C33H39Cl2N5O10S2. The molecule has 1 unspecified atom stereocenters. The van der Waals surface area contributed by atoms with Crippen molar-refractivity contribution in [1.29, 1.82) is 0 Å². The number of benzene rings is 1. The van der Waals surface area contributed by atoms with Gasteiger partial charge in [0.2, 0.25) is 5.88 Å². The van der Waals surface area contributed by atoms with Crippen LogP contribution in [0.15, 0.2) is 52.9 Å². The number of aliphatic carboxylic acids is 2.